The number of aromatic amines is 1. The number of nitrogens with zero attached hydrogens (tertiary/aromatic N) is 1. The lowest BCUT2D eigenvalue weighted by Gasteiger charge is -2.25. The molecule has 2 heterocycles. The first-order chi connectivity index (χ1) is 13.1. The van der Waals surface area contributed by atoms with E-state index in [9.17, 15) is 9.59 Å². The minimum absolute atomic E-state index is 0.0527. The van der Waals surface area contributed by atoms with Gasteiger partial charge in [0.2, 0.25) is 5.91 Å². The van der Waals surface area contributed by atoms with Crippen LogP contribution in [-0.4, -0.2) is 34.8 Å². The van der Waals surface area contributed by atoms with Crippen molar-refractivity contribution in [3.8, 4) is 0 Å². The minimum Gasteiger partial charge on any atom is -0.358 e. The van der Waals surface area contributed by atoms with Gasteiger partial charge < -0.3 is 15.2 Å². The fraction of sp³-hybridized carbons (Fsp3) is 0.273. The lowest BCUT2D eigenvalue weighted by molar-refractivity contribution is -0.122. The molecule has 0 unspecified atom stereocenters. The van der Waals surface area contributed by atoms with E-state index in [1.807, 2.05) is 56.3 Å². The van der Waals surface area contributed by atoms with Gasteiger partial charge in [0.15, 0.2) is 0 Å². The largest absolute Gasteiger partial charge is 0.358 e. The van der Waals surface area contributed by atoms with E-state index in [0.717, 1.165) is 34.1 Å². The topological polar surface area (TPSA) is 65.2 Å². The van der Waals surface area contributed by atoms with E-state index in [2.05, 4.69) is 16.4 Å². The van der Waals surface area contributed by atoms with E-state index in [1.165, 1.54) is 0 Å². The SMILES string of the molecule is CCCNC(=O)CN1C(=O)c2ccccc2[C@@H]1c1c(C)[nH]c2ccccc12. The molecule has 0 aliphatic carbocycles. The predicted octanol–water partition coefficient (Wildman–Crippen LogP) is 3.55. The standard InChI is InChI=1S/C22H23N3O2/c1-3-12-23-19(26)13-25-21(15-8-4-5-9-16(15)22(25)27)20-14(2)24-18-11-7-6-10-17(18)20/h4-11,21,24H,3,12-13H2,1-2H3,(H,23,26)/t21-/m1/s1. The first kappa shape index (κ1) is 17.3. The van der Waals surface area contributed by atoms with Crippen LogP contribution in [0, 0.1) is 6.92 Å². The summed E-state index contributed by atoms with van der Waals surface area (Å²) in [6.07, 6.45) is 0.866. The Morgan fingerprint density at radius 3 is 2.70 bits per heavy atom. The van der Waals surface area contributed by atoms with Crippen LogP contribution < -0.4 is 5.32 Å². The van der Waals surface area contributed by atoms with Gasteiger partial charge in [0.05, 0.1) is 6.04 Å². The van der Waals surface area contributed by atoms with Crippen LogP contribution in [0.5, 0.6) is 0 Å². The molecule has 2 N–H and O–H groups in total. The van der Waals surface area contributed by atoms with Gasteiger partial charge in [-0.05, 0) is 31.0 Å². The average Bonchev–Trinajstić information content (AvgIpc) is 3.14. The van der Waals surface area contributed by atoms with Crippen molar-refractivity contribution >= 4 is 22.7 Å². The second kappa shape index (κ2) is 6.91. The molecule has 2 amide bonds. The molecule has 0 bridgehead atoms. The van der Waals surface area contributed by atoms with Crippen LogP contribution in [0.2, 0.25) is 0 Å². The van der Waals surface area contributed by atoms with Gasteiger partial charge in [-0.2, -0.15) is 0 Å². The molecule has 0 saturated carbocycles. The number of aromatic nitrogens is 1. The summed E-state index contributed by atoms with van der Waals surface area (Å²) in [7, 11) is 0. The average molecular weight is 361 g/mol. The molecule has 138 valence electrons. The number of H-pyrrole nitrogens is 1. The lowest BCUT2D eigenvalue weighted by atomic mass is 9.95. The van der Waals surface area contributed by atoms with Crippen LogP contribution in [-0.2, 0) is 4.79 Å². The van der Waals surface area contributed by atoms with Crippen LogP contribution in [0.4, 0.5) is 0 Å². The summed E-state index contributed by atoms with van der Waals surface area (Å²) in [5.74, 6) is -0.215. The van der Waals surface area contributed by atoms with Gasteiger partial charge in [-0.3, -0.25) is 9.59 Å². The van der Waals surface area contributed by atoms with E-state index in [-0.39, 0.29) is 24.4 Å². The maximum atomic E-state index is 13.1. The van der Waals surface area contributed by atoms with Crippen LogP contribution in [0.1, 0.15) is 46.6 Å². The number of rotatable bonds is 5. The van der Waals surface area contributed by atoms with Crippen molar-refractivity contribution in [2.45, 2.75) is 26.3 Å². The fourth-order valence-corrected chi connectivity index (χ4v) is 3.97. The molecular weight excluding hydrogens is 338 g/mol. The first-order valence-electron chi connectivity index (χ1n) is 9.35. The minimum atomic E-state index is -0.266. The molecule has 2 aromatic carbocycles. The van der Waals surface area contributed by atoms with Gasteiger partial charge in [-0.25, -0.2) is 0 Å². The molecule has 0 fully saturated rings. The third kappa shape index (κ3) is 2.89. The van der Waals surface area contributed by atoms with Gasteiger partial charge in [0.1, 0.15) is 6.54 Å². The van der Waals surface area contributed by atoms with Crippen molar-refractivity contribution in [1.82, 2.24) is 15.2 Å². The molecule has 0 saturated heterocycles. The molecule has 0 radical (unpaired) electrons. The van der Waals surface area contributed by atoms with Gasteiger partial charge >= 0.3 is 0 Å². The Bertz CT molecular complexity index is 1020. The van der Waals surface area contributed by atoms with Crippen molar-refractivity contribution in [1.29, 1.82) is 0 Å². The molecule has 1 aromatic heterocycles. The number of para-hydroxylation sites is 1. The number of hydrogen-bond donors (Lipinski definition) is 2. The number of aryl methyl sites for hydroxylation is 1. The first-order valence-corrected chi connectivity index (χ1v) is 9.35. The Labute approximate surface area is 158 Å². The quantitative estimate of drug-likeness (QED) is 0.730. The molecule has 5 nitrogen and oxygen atoms in total. The molecule has 3 aromatic rings. The summed E-state index contributed by atoms with van der Waals surface area (Å²) >= 11 is 0. The van der Waals surface area contributed by atoms with E-state index < -0.39 is 0 Å². The Morgan fingerprint density at radius 1 is 1.15 bits per heavy atom. The zero-order valence-electron chi connectivity index (χ0n) is 15.6. The van der Waals surface area contributed by atoms with Crippen molar-refractivity contribution in [2.75, 3.05) is 13.1 Å². The zero-order chi connectivity index (χ0) is 19.0. The van der Waals surface area contributed by atoms with Gasteiger partial charge in [-0.1, -0.05) is 43.3 Å². The Kier molecular flexibility index (Phi) is 4.44. The Hall–Kier alpha value is -3.08. The van der Waals surface area contributed by atoms with Crippen LogP contribution in [0.3, 0.4) is 0 Å². The second-order valence-electron chi connectivity index (χ2n) is 6.98. The summed E-state index contributed by atoms with van der Waals surface area (Å²) in [5.41, 5.74) is 4.75. The third-order valence-electron chi connectivity index (χ3n) is 5.16. The molecule has 1 aliphatic heterocycles. The summed E-state index contributed by atoms with van der Waals surface area (Å²) < 4.78 is 0. The smallest absolute Gasteiger partial charge is 0.255 e. The van der Waals surface area contributed by atoms with E-state index >= 15 is 0 Å². The zero-order valence-corrected chi connectivity index (χ0v) is 15.6. The summed E-state index contributed by atoms with van der Waals surface area (Å²) in [5, 5.41) is 3.97. The van der Waals surface area contributed by atoms with Crippen LogP contribution in [0.25, 0.3) is 10.9 Å². The highest BCUT2D eigenvalue weighted by atomic mass is 16.2. The third-order valence-corrected chi connectivity index (χ3v) is 5.16. The lowest BCUT2D eigenvalue weighted by Crippen LogP contribution is -2.39. The number of carbonyl (C=O) groups is 2. The van der Waals surface area contributed by atoms with E-state index in [1.54, 1.807) is 4.90 Å². The van der Waals surface area contributed by atoms with Crippen molar-refractivity contribution in [3.05, 3.63) is 70.9 Å². The number of carbonyl (C=O) groups excluding carboxylic acids is 2. The van der Waals surface area contributed by atoms with Gasteiger partial charge in [0.25, 0.3) is 5.91 Å². The van der Waals surface area contributed by atoms with E-state index in [0.29, 0.717) is 12.1 Å². The monoisotopic (exact) mass is 361 g/mol. The summed E-state index contributed by atoms with van der Waals surface area (Å²) in [4.78, 5) is 30.6. The highest BCUT2D eigenvalue weighted by Crippen LogP contribution is 2.42. The summed E-state index contributed by atoms with van der Waals surface area (Å²) in [6, 6.07) is 15.5. The molecule has 1 atom stereocenters. The van der Waals surface area contributed by atoms with Crippen molar-refractivity contribution in [3.63, 3.8) is 0 Å². The molecule has 4 rings (SSSR count). The van der Waals surface area contributed by atoms with Crippen LogP contribution in [0.15, 0.2) is 48.5 Å². The molecule has 0 spiro atoms. The number of fused-ring (bicyclic) bond motifs is 2. The highest BCUT2D eigenvalue weighted by Gasteiger charge is 2.40. The fourth-order valence-electron chi connectivity index (χ4n) is 3.97. The molecular formula is C22H23N3O2. The maximum absolute atomic E-state index is 13.1. The Morgan fingerprint density at radius 2 is 1.89 bits per heavy atom. The normalized spacial score (nSPS) is 16.0. The second-order valence-corrected chi connectivity index (χ2v) is 6.98. The van der Waals surface area contributed by atoms with Gasteiger partial charge in [-0.15, -0.1) is 0 Å². The van der Waals surface area contributed by atoms with Crippen molar-refractivity contribution in [2.24, 2.45) is 0 Å². The highest BCUT2D eigenvalue weighted by molar-refractivity contribution is 6.02. The molecule has 5 heteroatoms. The molecule has 1 aliphatic rings. The van der Waals surface area contributed by atoms with Crippen molar-refractivity contribution < 1.29 is 9.59 Å². The van der Waals surface area contributed by atoms with Crippen LogP contribution >= 0.6 is 0 Å². The summed E-state index contributed by atoms with van der Waals surface area (Å²) in [6.45, 7) is 4.70. The maximum Gasteiger partial charge on any atom is 0.255 e. The molecule has 27 heavy (non-hydrogen) atoms. The Balaban J connectivity index is 1.82. The number of nitrogens with one attached hydrogen (secondary N) is 2. The number of hydrogen-bond acceptors (Lipinski definition) is 2. The number of benzene rings is 2. The van der Waals surface area contributed by atoms with E-state index in [4.69, 9.17) is 0 Å². The predicted molar refractivity (Wildman–Crippen MR) is 106 cm³/mol. The number of amides is 2. The van der Waals surface area contributed by atoms with Gasteiger partial charge in [0, 0.05) is 34.3 Å².